The Balaban J connectivity index is 0.000000262. The van der Waals surface area contributed by atoms with Gasteiger partial charge in [0.15, 0.2) is 0 Å². The maximum atomic E-state index is 4.22. The predicted octanol–water partition coefficient (Wildman–Crippen LogP) is 13.8. The van der Waals surface area contributed by atoms with E-state index in [4.69, 9.17) is 0 Å². The number of nitrogens with zero attached hydrogens (tertiary/aromatic N) is 1. The van der Waals surface area contributed by atoms with Gasteiger partial charge in [-0.25, -0.2) is 0 Å². The molecule has 1 radical (unpaired) electrons. The molecule has 0 amide bonds. The fraction of sp³-hybridized carbons (Fsp3) is 0. The summed E-state index contributed by atoms with van der Waals surface area (Å²) in [6.45, 7) is 0. The van der Waals surface area contributed by atoms with Gasteiger partial charge in [0.2, 0.25) is 0 Å². The van der Waals surface area contributed by atoms with Crippen LogP contribution in [0.25, 0.3) is 87.7 Å². The second kappa shape index (κ2) is 15.2. The van der Waals surface area contributed by atoms with Gasteiger partial charge in [-0.15, -0.1) is 35.9 Å². The first-order valence-electron chi connectivity index (χ1n) is 17.7. The van der Waals surface area contributed by atoms with Crippen LogP contribution in [0.1, 0.15) is 0 Å². The molecule has 1 heterocycles. The van der Waals surface area contributed by atoms with E-state index in [0.29, 0.717) is 0 Å². The summed E-state index contributed by atoms with van der Waals surface area (Å²) < 4.78 is 0. The maximum absolute atomic E-state index is 4.22. The molecule has 0 aliphatic heterocycles. The van der Waals surface area contributed by atoms with Crippen LogP contribution < -0.4 is 0 Å². The zero-order valence-electron chi connectivity index (χ0n) is 28.9. The molecule has 9 aromatic carbocycles. The molecule has 0 N–H and O–H groups in total. The maximum Gasteiger partial charge on any atom is 0.0160 e. The molecule has 10 aromatic rings. The first-order chi connectivity index (χ1) is 25.8. The molecule has 0 atom stereocenters. The monoisotopic (exact) mass is 853 g/mol. The van der Waals surface area contributed by atoms with Gasteiger partial charge in [-0.2, -0.15) is 0 Å². The summed E-state index contributed by atoms with van der Waals surface area (Å²) in [6, 6.07) is 74.4. The summed E-state index contributed by atoms with van der Waals surface area (Å²) in [6.07, 6.45) is 1.79. The van der Waals surface area contributed by atoms with Gasteiger partial charge in [-0.3, -0.25) is 0 Å². The van der Waals surface area contributed by atoms with Crippen molar-refractivity contribution < 1.29 is 20.1 Å². The normalized spacial score (nSPS) is 10.9. The van der Waals surface area contributed by atoms with E-state index in [1.54, 1.807) is 6.20 Å². The minimum Gasteiger partial charge on any atom is -0.305 e. The van der Waals surface area contributed by atoms with E-state index in [2.05, 4.69) is 169 Å². The summed E-state index contributed by atoms with van der Waals surface area (Å²) in [5, 5.41) is 10.3. The molecule has 0 saturated heterocycles. The number of benzene rings is 9. The zero-order valence-corrected chi connectivity index (χ0v) is 31.3. The molecule has 0 aliphatic carbocycles. The van der Waals surface area contributed by atoms with E-state index in [1.807, 2.05) is 42.5 Å². The van der Waals surface area contributed by atoms with E-state index in [9.17, 15) is 0 Å². The summed E-state index contributed by atoms with van der Waals surface area (Å²) >= 11 is 0. The van der Waals surface area contributed by atoms with Crippen LogP contribution in [0.2, 0.25) is 0 Å². The zero-order chi connectivity index (χ0) is 34.7. The Morgan fingerprint density at radius 1 is 0.340 bits per heavy atom. The van der Waals surface area contributed by atoms with Crippen molar-refractivity contribution in [1.29, 1.82) is 0 Å². The summed E-state index contributed by atoms with van der Waals surface area (Å²) in [7, 11) is 0. The molecule has 1 aromatic heterocycles. The van der Waals surface area contributed by atoms with E-state index >= 15 is 0 Å². The molecule has 1 nitrogen and oxygen atoms in total. The van der Waals surface area contributed by atoms with Gasteiger partial charge in [0.25, 0.3) is 0 Å². The van der Waals surface area contributed by atoms with Crippen molar-refractivity contribution in [3.05, 3.63) is 212 Å². The van der Waals surface area contributed by atoms with Crippen molar-refractivity contribution >= 4 is 43.1 Å². The third-order valence-corrected chi connectivity index (χ3v) is 9.87. The Morgan fingerprint density at radius 2 is 0.792 bits per heavy atom. The van der Waals surface area contributed by atoms with Crippen molar-refractivity contribution in [2.75, 3.05) is 0 Å². The topological polar surface area (TPSA) is 12.9 Å². The number of hydrogen-bond donors (Lipinski definition) is 0. The van der Waals surface area contributed by atoms with Crippen LogP contribution in [0.15, 0.2) is 206 Å². The van der Waals surface area contributed by atoms with Gasteiger partial charge >= 0.3 is 0 Å². The minimum atomic E-state index is 0. The predicted molar refractivity (Wildman–Crippen MR) is 221 cm³/mol. The third-order valence-electron chi connectivity index (χ3n) is 9.87. The van der Waals surface area contributed by atoms with E-state index in [1.165, 1.54) is 76.5 Å². The number of pyridine rings is 1. The summed E-state index contributed by atoms with van der Waals surface area (Å²) in [5.41, 5.74) is 9.47. The largest absolute Gasteiger partial charge is 0.305 e. The second-order valence-electron chi connectivity index (χ2n) is 13.0. The molecule has 53 heavy (non-hydrogen) atoms. The fourth-order valence-corrected chi connectivity index (χ4v) is 7.39. The Bertz CT molecular complexity index is 2650. The molecule has 253 valence electrons. The number of hydrogen-bond acceptors (Lipinski definition) is 1. The summed E-state index contributed by atoms with van der Waals surface area (Å²) in [5.74, 6) is 0. The number of aromatic nitrogens is 1. The minimum absolute atomic E-state index is 0. The van der Waals surface area contributed by atoms with Crippen molar-refractivity contribution in [3.63, 3.8) is 0 Å². The Kier molecular flexibility index (Phi) is 9.73. The Hall–Kier alpha value is -6.18. The molecule has 2 heteroatoms. The standard InChI is InChI=1S/C40H26.C11H8N.Ir/c1-3-17-33-31(11-1)25-39(37-21-7-5-19-35(33)37)29-15-9-13-27(23-29)28-14-10-16-30(24-28)40-26-32-12-2-4-18-34(32)36-20-6-8-22-38(36)40;1-2-6-10(7-3-1)11-8-4-5-9-12-11;/h1-26H;1-6,8-9H;/q;-1;. The average molecular weight is 853 g/mol. The first-order valence-corrected chi connectivity index (χ1v) is 17.7. The molecule has 0 aliphatic rings. The third kappa shape index (κ3) is 6.79. The van der Waals surface area contributed by atoms with Crippen molar-refractivity contribution in [2.24, 2.45) is 0 Å². The first kappa shape index (κ1) is 33.9. The molecule has 10 rings (SSSR count). The van der Waals surface area contributed by atoms with Gasteiger partial charge in [0, 0.05) is 26.3 Å². The number of rotatable bonds is 4. The van der Waals surface area contributed by atoms with Crippen LogP contribution in [0.3, 0.4) is 0 Å². The van der Waals surface area contributed by atoms with Gasteiger partial charge in [-0.1, -0.05) is 146 Å². The van der Waals surface area contributed by atoms with Crippen molar-refractivity contribution in [1.82, 2.24) is 4.98 Å². The molecule has 0 spiro atoms. The summed E-state index contributed by atoms with van der Waals surface area (Å²) in [4.78, 5) is 4.22. The van der Waals surface area contributed by atoms with Gasteiger partial charge in [-0.05, 0) is 112 Å². The van der Waals surface area contributed by atoms with Crippen LogP contribution >= 0.6 is 0 Å². The SMILES string of the molecule is [Ir].[c-]1ccccc1-c1ccccn1.c1cc(-c2cccc(-c3cc4ccccc4c4ccccc34)c2)cc(-c2cc3ccccc3c3ccccc23)c1. The average Bonchev–Trinajstić information content (AvgIpc) is 3.24. The van der Waals surface area contributed by atoms with E-state index < -0.39 is 0 Å². The van der Waals surface area contributed by atoms with Crippen LogP contribution in [0.4, 0.5) is 0 Å². The Morgan fingerprint density at radius 3 is 1.28 bits per heavy atom. The van der Waals surface area contributed by atoms with Crippen LogP contribution in [0, 0.1) is 6.07 Å². The van der Waals surface area contributed by atoms with E-state index in [0.717, 1.165) is 11.3 Å². The quantitative estimate of drug-likeness (QED) is 0.127. The smallest absolute Gasteiger partial charge is 0.0160 e. The van der Waals surface area contributed by atoms with Crippen molar-refractivity contribution in [3.8, 4) is 44.6 Å². The van der Waals surface area contributed by atoms with Crippen molar-refractivity contribution in [2.45, 2.75) is 0 Å². The Labute approximate surface area is 323 Å². The molecule has 0 bridgehead atoms. The second-order valence-corrected chi connectivity index (χ2v) is 13.0. The molecule has 0 unspecified atom stereocenters. The van der Waals surface area contributed by atoms with Gasteiger partial charge < -0.3 is 4.98 Å². The molecular formula is C51H34IrN-. The van der Waals surface area contributed by atoms with Crippen LogP contribution in [-0.2, 0) is 20.1 Å². The molecule has 0 saturated carbocycles. The van der Waals surface area contributed by atoms with Gasteiger partial charge in [0.05, 0.1) is 0 Å². The molecular weight excluding hydrogens is 819 g/mol. The van der Waals surface area contributed by atoms with E-state index in [-0.39, 0.29) is 20.1 Å². The van der Waals surface area contributed by atoms with Gasteiger partial charge in [0.1, 0.15) is 0 Å². The van der Waals surface area contributed by atoms with Crippen LogP contribution in [0.5, 0.6) is 0 Å². The van der Waals surface area contributed by atoms with Crippen LogP contribution in [-0.4, -0.2) is 4.98 Å². The number of fused-ring (bicyclic) bond motifs is 6. The molecule has 0 fully saturated rings. The fourth-order valence-electron chi connectivity index (χ4n) is 7.39.